The fraction of sp³-hybridized carbons (Fsp3) is 0.353. The van der Waals surface area contributed by atoms with Gasteiger partial charge in [-0.1, -0.05) is 44.2 Å². The van der Waals surface area contributed by atoms with Crippen LogP contribution in [0.5, 0.6) is 5.75 Å². The molecule has 0 saturated carbocycles. The Morgan fingerprint density at radius 2 is 1.85 bits per heavy atom. The number of hydrogen-bond donors (Lipinski definition) is 1. The number of benzene rings is 1. The molecular formula is C17H19NO2. The third-order valence-corrected chi connectivity index (χ3v) is 3.75. The zero-order chi connectivity index (χ0) is 14.1. The van der Waals surface area contributed by atoms with Gasteiger partial charge in [0.1, 0.15) is 5.75 Å². The van der Waals surface area contributed by atoms with Crippen LogP contribution in [0.15, 0.2) is 30.3 Å². The van der Waals surface area contributed by atoms with Crippen molar-refractivity contribution in [2.75, 3.05) is 0 Å². The average Bonchev–Trinajstić information content (AvgIpc) is 2.93. The summed E-state index contributed by atoms with van der Waals surface area (Å²) in [5.41, 5.74) is 5.03. The van der Waals surface area contributed by atoms with Crippen LogP contribution in [-0.4, -0.2) is 10.1 Å². The summed E-state index contributed by atoms with van der Waals surface area (Å²) in [5, 5.41) is 10.3. The Balaban J connectivity index is 2.06. The van der Waals surface area contributed by atoms with Crippen molar-refractivity contribution in [2.24, 2.45) is 0 Å². The van der Waals surface area contributed by atoms with Crippen LogP contribution < -0.4 is 0 Å². The van der Waals surface area contributed by atoms with E-state index in [9.17, 15) is 5.11 Å². The van der Waals surface area contributed by atoms with Crippen LogP contribution in [0.1, 0.15) is 47.8 Å². The average molecular weight is 269 g/mol. The summed E-state index contributed by atoms with van der Waals surface area (Å²) in [7, 11) is 0. The third-order valence-electron chi connectivity index (χ3n) is 3.75. The largest absolute Gasteiger partial charge is 0.506 e. The summed E-state index contributed by atoms with van der Waals surface area (Å²) in [5.74, 6) is 0.528. The smallest absolute Gasteiger partial charge is 0.143 e. The lowest BCUT2D eigenvalue weighted by Gasteiger charge is -2.14. The van der Waals surface area contributed by atoms with Crippen molar-refractivity contribution in [3.8, 4) is 5.75 Å². The number of nitrogens with zero attached hydrogens (tertiary/aromatic N) is 1. The van der Waals surface area contributed by atoms with E-state index in [0.29, 0.717) is 19.0 Å². The molecule has 104 valence electrons. The predicted octanol–water partition coefficient (Wildman–Crippen LogP) is 3.53. The predicted molar refractivity (Wildman–Crippen MR) is 77.7 cm³/mol. The van der Waals surface area contributed by atoms with Gasteiger partial charge < -0.3 is 9.84 Å². The Morgan fingerprint density at radius 1 is 1.15 bits per heavy atom. The number of aromatic nitrogens is 1. The van der Waals surface area contributed by atoms with Gasteiger partial charge in [0.15, 0.2) is 0 Å². The maximum absolute atomic E-state index is 10.3. The molecule has 2 heterocycles. The van der Waals surface area contributed by atoms with Crippen LogP contribution in [0.4, 0.5) is 0 Å². The topological polar surface area (TPSA) is 42.4 Å². The normalized spacial score (nSPS) is 13.8. The molecule has 3 heteroatoms. The van der Waals surface area contributed by atoms with Crippen molar-refractivity contribution in [2.45, 2.75) is 39.4 Å². The van der Waals surface area contributed by atoms with Crippen LogP contribution in [-0.2, 0) is 24.4 Å². The van der Waals surface area contributed by atoms with Gasteiger partial charge in [-0.2, -0.15) is 0 Å². The number of pyridine rings is 1. The molecule has 0 fully saturated rings. The van der Waals surface area contributed by atoms with Gasteiger partial charge in [0.05, 0.1) is 24.6 Å². The van der Waals surface area contributed by atoms with Gasteiger partial charge in [0.2, 0.25) is 0 Å². The van der Waals surface area contributed by atoms with Crippen LogP contribution >= 0.6 is 0 Å². The maximum atomic E-state index is 10.3. The Labute approximate surface area is 119 Å². The van der Waals surface area contributed by atoms with E-state index in [-0.39, 0.29) is 5.92 Å². The van der Waals surface area contributed by atoms with Crippen molar-refractivity contribution in [1.29, 1.82) is 0 Å². The van der Waals surface area contributed by atoms with Gasteiger partial charge in [-0.25, -0.2) is 0 Å². The van der Waals surface area contributed by atoms with Crippen LogP contribution in [0.3, 0.4) is 0 Å². The fourth-order valence-electron chi connectivity index (χ4n) is 2.66. The molecule has 0 aliphatic carbocycles. The Morgan fingerprint density at radius 3 is 2.55 bits per heavy atom. The van der Waals surface area contributed by atoms with Gasteiger partial charge in [-0.05, 0) is 11.5 Å². The Kier molecular flexibility index (Phi) is 3.45. The minimum absolute atomic E-state index is 0.204. The number of hydrogen-bond acceptors (Lipinski definition) is 3. The molecule has 0 amide bonds. The van der Waals surface area contributed by atoms with E-state index in [1.165, 1.54) is 5.56 Å². The second-order valence-corrected chi connectivity index (χ2v) is 5.56. The summed E-state index contributed by atoms with van der Waals surface area (Å²) in [6.07, 6.45) is 0.784. The molecule has 1 aliphatic rings. The van der Waals surface area contributed by atoms with Crippen LogP contribution in [0.2, 0.25) is 0 Å². The molecule has 0 spiro atoms. The van der Waals surface area contributed by atoms with E-state index in [1.54, 1.807) is 0 Å². The number of rotatable bonds is 3. The standard InChI is InChI=1S/C17H19NO2/c1-11(2)16-17(19)14-10-20-9-13(14)15(18-16)8-12-6-4-3-5-7-12/h3-7,11,19H,8-10H2,1-2H3. The van der Waals surface area contributed by atoms with Gasteiger partial charge in [-0.15, -0.1) is 0 Å². The molecule has 1 N–H and O–H groups in total. The highest BCUT2D eigenvalue weighted by Gasteiger charge is 2.24. The highest BCUT2D eigenvalue weighted by Crippen LogP contribution is 2.36. The second-order valence-electron chi connectivity index (χ2n) is 5.56. The SMILES string of the molecule is CC(C)c1nc(Cc2ccccc2)c2c(c1O)COC2. The first-order valence-electron chi connectivity index (χ1n) is 7.02. The summed E-state index contributed by atoms with van der Waals surface area (Å²) < 4.78 is 5.51. The van der Waals surface area contributed by atoms with Gasteiger partial charge in [0.25, 0.3) is 0 Å². The van der Waals surface area contributed by atoms with Crippen LogP contribution in [0, 0.1) is 0 Å². The number of fused-ring (bicyclic) bond motifs is 1. The molecule has 2 aromatic rings. The zero-order valence-corrected chi connectivity index (χ0v) is 11.9. The molecule has 0 saturated heterocycles. The van der Waals surface area contributed by atoms with Crippen molar-refractivity contribution in [3.63, 3.8) is 0 Å². The molecule has 1 aliphatic heterocycles. The highest BCUT2D eigenvalue weighted by molar-refractivity contribution is 5.47. The summed E-state index contributed by atoms with van der Waals surface area (Å²) in [6, 6.07) is 10.3. The van der Waals surface area contributed by atoms with E-state index in [2.05, 4.69) is 26.0 Å². The lowest BCUT2D eigenvalue weighted by molar-refractivity contribution is 0.133. The molecule has 3 rings (SSSR count). The first-order valence-corrected chi connectivity index (χ1v) is 7.02. The minimum atomic E-state index is 0.204. The van der Waals surface area contributed by atoms with E-state index >= 15 is 0 Å². The zero-order valence-electron chi connectivity index (χ0n) is 11.9. The van der Waals surface area contributed by atoms with Crippen molar-refractivity contribution in [3.05, 3.63) is 58.4 Å². The monoisotopic (exact) mass is 269 g/mol. The highest BCUT2D eigenvalue weighted by atomic mass is 16.5. The van der Waals surface area contributed by atoms with E-state index in [0.717, 1.165) is 28.9 Å². The quantitative estimate of drug-likeness (QED) is 0.926. The molecule has 1 aromatic heterocycles. The molecular weight excluding hydrogens is 250 g/mol. The lowest BCUT2D eigenvalue weighted by atomic mass is 9.98. The second kappa shape index (κ2) is 5.25. The summed E-state index contributed by atoms with van der Waals surface area (Å²) in [6.45, 7) is 5.15. The molecule has 0 unspecified atom stereocenters. The summed E-state index contributed by atoms with van der Waals surface area (Å²) in [4.78, 5) is 4.71. The third kappa shape index (κ3) is 2.29. The molecule has 1 aromatic carbocycles. The maximum Gasteiger partial charge on any atom is 0.143 e. The van der Waals surface area contributed by atoms with Crippen molar-refractivity contribution in [1.82, 2.24) is 4.98 Å². The van der Waals surface area contributed by atoms with E-state index < -0.39 is 0 Å². The molecule has 0 atom stereocenters. The van der Waals surface area contributed by atoms with E-state index in [4.69, 9.17) is 9.72 Å². The molecule has 3 nitrogen and oxygen atoms in total. The summed E-state index contributed by atoms with van der Waals surface area (Å²) >= 11 is 0. The van der Waals surface area contributed by atoms with Crippen molar-refractivity contribution < 1.29 is 9.84 Å². The first-order chi connectivity index (χ1) is 9.66. The fourth-order valence-corrected chi connectivity index (χ4v) is 2.66. The number of aromatic hydroxyl groups is 1. The van der Waals surface area contributed by atoms with Gasteiger partial charge in [-0.3, -0.25) is 4.98 Å². The Hall–Kier alpha value is -1.87. The number of ether oxygens (including phenoxy) is 1. The lowest BCUT2D eigenvalue weighted by Crippen LogP contribution is -2.05. The Bertz CT molecular complexity index is 621. The molecule has 0 radical (unpaired) electrons. The van der Waals surface area contributed by atoms with Gasteiger partial charge in [0, 0.05) is 17.5 Å². The van der Waals surface area contributed by atoms with E-state index in [1.807, 2.05) is 18.2 Å². The molecule has 20 heavy (non-hydrogen) atoms. The minimum Gasteiger partial charge on any atom is -0.506 e. The molecule has 0 bridgehead atoms. The van der Waals surface area contributed by atoms with Crippen molar-refractivity contribution >= 4 is 0 Å². The first kappa shape index (κ1) is 13.1. The van der Waals surface area contributed by atoms with Crippen LogP contribution in [0.25, 0.3) is 0 Å². The van der Waals surface area contributed by atoms with Gasteiger partial charge >= 0.3 is 0 Å².